The Balaban J connectivity index is 1.30. The van der Waals surface area contributed by atoms with Crippen LogP contribution in [0.3, 0.4) is 0 Å². The maximum Gasteiger partial charge on any atom is 0.319 e. The second-order valence-electron chi connectivity index (χ2n) is 12.3. The van der Waals surface area contributed by atoms with Gasteiger partial charge in [-0.25, -0.2) is 18.2 Å². The number of fused-ring (bicyclic) bond motifs is 2. The molecule has 2 aromatic carbocycles. The van der Waals surface area contributed by atoms with Crippen molar-refractivity contribution in [1.82, 2.24) is 19.9 Å². The van der Waals surface area contributed by atoms with Crippen molar-refractivity contribution in [2.45, 2.75) is 56.0 Å². The smallest absolute Gasteiger partial charge is 0.319 e. The molecule has 0 amide bonds. The van der Waals surface area contributed by atoms with E-state index in [0.717, 1.165) is 32.2 Å². The van der Waals surface area contributed by atoms with E-state index in [-0.39, 0.29) is 81.9 Å². The highest BCUT2D eigenvalue weighted by Gasteiger charge is 2.49. The summed E-state index contributed by atoms with van der Waals surface area (Å²) in [5, 5.41) is 14.8. The van der Waals surface area contributed by atoms with E-state index >= 15 is 4.39 Å². The molecule has 0 unspecified atom stereocenters. The Bertz CT molecular complexity index is 1900. The molecule has 9 nitrogen and oxygen atoms in total. The van der Waals surface area contributed by atoms with Crippen molar-refractivity contribution < 1.29 is 32.5 Å². The molecule has 0 spiro atoms. The summed E-state index contributed by atoms with van der Waals surface area (Å²) in [6.07, 6.45) is 8.36. The summed E-state index contributed by atoms with van der Waals surface area (Å²) < 4.78 is 64.3. The van der Waals surface area contributed by atoms with Crippen molar-refractivity contribution in [2.24, 2.45) is 0 Å². The zero-order chi connectivity index (χ0) is 30.9. The van der Waals surface area contributed by atoms with Crippen LogP contribution in [0.2, 0.25) is 0 Å². The first kappa shape index (κ1) is 28.2. The van der Waals surface area contributed by atoms with Gasteiger partial charge in [0.2, 0.25) is 5.88 Å². The fourth-order valence-electron chi connectivity index (χ4n) is 7.48. The van der Waals surface area contributed by atoms with Crippen LogP contribution in [0.15, 0.2) is 24.3 Å². The number of phenolic OH excluding ortho intramolecular Hbond substituents is 1. The number of pyridine rings is 1. The highest BCUT2D eigenvalue weighted by atomic mass is 19.1. The van der Waals surface area contributed by atoms with E-state index in [1.807, 2.05) is 0 Å². The van der Waals surface area contributed by atoms with Crippen LogP contribution in [-0.2, 0) is 4.74 Å². The van der Waals surface area contributed by atoms with Gasteiger partial charge in [-0.05, 0) is 55.8 Å². The zero-order valence-electron chi connectivity index (χ0n) is 24.3. The minimum Gasteiger partial charge on any atom is -0.508 e. The molecule has 2 aromatic heterocycles. The molecule has 8 rings (SSSR count). The lowest BCUT2D eigenvalue weighted by molar-refractivity contribution is 0.0799. The monoisotopic (exact) mass is 617 g/mol. The van der Waals surface area contributed by atoms with Crippen molar-refractivity contribution in [3.8, 4) is 41.2 Å². The molecular weight excluding hydrogens is 587 g/mol. The average Bonchev–Trinajstić information content (AvgIpc) is 3.73. The number of nitrogens with one attached hydrogen (secondary N) is 1. The number of nitrogens with zero attached hydrogens (tertiary/aromatic N) is 4. The number of halogens is 3. The molecule has 2 N–H and O–H groups in total. The predicted molar refractivity (Wildman–Crippen MR) is 160 cm³/mol. The van der Waals surface area contributed by atoms with Crippen LogP contribution in [0.25, 0.3) is 32.9 Å². The lowest BCUT2D eigenvalue weighted by atomic mass is 9.95. The fourth-order valence-corrected chi connectivity index (χ4v) is 7.48. The molecule has 4 aliphatic rings. The minimum atomic E-state index is -0.939. The standard InChI is InChI=1S/C33H30F3N5O4/c1-2-20-22(35)7-6-17-11-19(42)12-21(25(17)20)28-27(36)29-26-30(37-23(15-44-31(26)38-28)24-5-3-10-43-24)40-32(39-29)45-16-33-8-4-9-41(33)14-18(34)13-33/h1,6-7,11-12,18,23-24,42H,3-5,8-10,13-16H2,(H,37,39,40)/t18-,23-,24-,33+/m1/s1. The predicted octanol–water partition coefficient (Wildman–Crippen LogP) is 5.12. The molecule has 3 fully saturated rings. The third kappa shape index (κ3) is 4.59. The number of rotatable bonds is 5. The van der Waals surface area contributed by atoms with E-state index in [1.54, 1.807) is 0 Å². The number of benzene rings is 2. The second-order valence-corrected chi connectivity index (χ2v) is 12.3. The zero-order valence-corrected chi connectivity index (χ0v) is 24.3. The molecule has 0 saturated carbocycles. The van der Waals surface area contributed by atoms with Gasteiger partial charge in [0, 0.05) is 30.5 Å². The van der Waals surface area contributed by atoms with E-state index in [1.165, 1.54) is 24.3 Å². The number of phenols is 1. The largest absolute Gasteiger partial charge is 0.508 e. The quantitative estimate of drug-likeness (QED) is 0.296. The molecule has 0 radical (unpaired) electrons. The van der Waals surface area contributed by atoms with Gasteiger partial charge in [0.1, 0.15) is 53.4 Å². The van der Waals surface area contributed by atoms with Gasteiger partial charge in [0.25, 0.3) is 0 Å². The first-order chi connectivity index (χ1) is 21.8. The van der Waals surface area contributed by atoms with Crippen molar-refractivity contribution in [1.29, 1.82) is 0 Å². The van der Waals surface area contributed by atoms with E-state index in [2.05, 4.69) is 31.1 Å². The number of alkyl halides is 1. The van der Waals surface area contributed by atoms with Crippen molar-refractivity contribution in [2.75, 3.05) is 38.2 Å². The number of aromatic hydroxyl groups is 1. The van der Waals surface area contributed by atoms with Crippen LogP contribution in [0.5, 0.6) is 17.6 Å². The molecule has 232 valence electrons. The Labute approximate surface area is 256 Å². The van der Waals surface area contributed by atoms with Gasteiger partial charge in [0.15, 0.2) is 5.82 Å². The Kier molecular flexibility index (Phi) is 6.65. The molecule has 4 aromatic rings. The van der Waals surface area contributed by atoms with E-state index < -0.39 is 23.3 Å². The summed E-state index contributed by atoms with van der Waals surface area (Å²) in [5.41, 5.74) is -0.852. The molecule has 0 aliphatic carbocycles. The topological polar surface area (TPSA) is 102 Å². The van der Waals surface area contributed by atoms with Crippen LogP contribution < -0.4 is 14.8 Å². The van der Waals surface area contributed by atoms with E-state index in [9.17, 15) is 13.9 Å². The first-order valence-electron chi connectivity index (χ1n) is 15.2. The third-order valence-corrected chi connectivity index (χ3v) is 9.55. The van der Waals surface area contributed by atoms with E-state index in [0.29, 0.717) is 25.0 Å². The Morgan fingerprint density at radius 3 is 2.89 bits per heavy atom. The number of hydrogen-bond acceptors (Lipinski definition) is 9. The Morgan fingerprint density at radius 2 is 2.07 bits per heavy atom. The third-order valence-electron chi connectivity index (χ3n) is 9.55. The molecule has 3 saturated heterocycles. The molecule has 12 heteroatoms. The van der Waals surface area contributed by atoms with Crippen LogP contribution >= 0.6 is 0 Å². The van der Waals surface area contributed by atoms with Crippen molar-refractivity contribution in [3.63, 3.8) is 0 Å². The molecular formula is C33H30F3N5O4. The number of terminal acetylenes is 1. The molecule has 4 aliphatic heterocycles. The Hall–Kier alpha value is -4.34. The number of hydrogen-bond donors (Lipinski definition) is 2. The van der Waals surface area contributed by atoms with E-state index in [4.69, 9.17) is 20.6 Å². The van der Waals surface area contributed by atoms with Gasteiger partial charge >= 0.3 is 6.01 Å². The summed E-state index contributed by atoms with van der Waals surface area (Å²) in [6.45, 7) is 2.07. The lowest BCUT2D eigenvalue weighted by Crippen LogP contribution is -2.43. The first-order valence-corrected chi connectivity index (χ1v) is 15.2. The summed E-state index contributed by atoms with van der Waals surface area (Å²) in [6, 6.07) is 4.95. The van der Waals surface area contributed by atoms with Gasteiger partial charge in [-0.1, -0.05) is 12.0 Å². The van der Waals surface area contributed by atoms with Gasteiger partial charge in [-0.2, -0.15) is 9.97 Å². The highest BCUT2D eigenvalue weighted by molar-refractivity contribution is 6.04. The van der Waals surface area contributed by atoms with Gasteiger partial charge in [-0.3, -0.25) is 4.90 Å². The van der Waals surface area contributed by atoms with Crippen LogP contribution in [0.1, 0.15) is 37.7 Å². The average molecular weight is 618 g/mol. The van der Waals surface area contributed by atoms with Gasteiger partial charge in [0.05, 0.1) is 23.2 Å². The Morgan fingerprint density at radius 1 is 1.18 bits per heavy atom. The molecule has 45 heavy (non-hydrogen) atoms. The summed E-state index contributed by atoms with van der Waals surface area (Å²) >= 11 is 0. The molecule has 4 atom stereocenters. The molecule has 6 heterocycles. The van der Waals surface area contributed by atoms with Crippen LogP contribution in [-0.4, -0.2) is 81.7 Å². The maximum absolute atomic E-state index is 16.8. The lowest BCUT2D eigenvalue weighted by Gasteiger charge is -2.30. The van der Waals surface area contributed by atoms with Gasteiger partial charge < -0.3 is 24.6 Å². The SMILES string of the molecule is C#Cc1c(F)ccc2cc(O)cc(-c3nc4c5c(nc(OC[C@@]67CCCN6C[C@H](F)C7)nc5c3F)N[C@@H]([C@H]3CCCO3)CO4)c12. The fraction of sp³-hybridized carbons (Fsp3) is 0.424. The van der Waals surface area contributed by atoms with Crippen molar-refractivity contribution in [3.05, 3.63) is 41.5 Å². The highest BCUT2D eigenvalue weighted by Crippen LogP contribution is 2.44. The number of anilines is 1. The summed E-state index contributed by atoms with van der Waals surface area (Å²) in [7, 11) is 0. The number of aromatic nitrogens is 3. The minimum absolute atomic E-state index is 0.0581. The maximum atomic E-state index is 16.8. The normalized spacial score (nSPS) is 26.0. The second kappa shape index (κ2) is 10.6. The molecule has 0 bridgehead atoms. The van der Waals surface area contributed by atoms with Crippen LogP contribution in [0, 0.1) is 24.0 Å². The summed E-state index contributed by atoms with van der Waals surface area (Å²) in [4.78, 5) is 15.8. The summed E-state index contributed by atoms with van der Waals surface area (Å²) in [5.74, 6) is 0.979. The number of ether oxygens (including phenoxy) is 3. The van der Waals surface area contributed by atoms with Gasteiger partial charge in [-0.15, -0.1) is 6.42 Å². The van der Waals surface area contributed by atoms with Crippen molar-refractivity contribution >= 4 is 27.5 Å². The van der Waals surface area contributed by atoms with Crippen LogP contribution in [0.4, 0.5) is 19.0 Å².